The lowest BCUT2D eigenvalue weighted by atomic mass is 10.1. The van der Waals surface area contributed by atoms with E-state index in [0.717, 1.165) is 85.3 Å². The number of nitriles is 2. The molecule has 9 aromatic rings. The molecule has 3 aromatic carbocycles. The van der Waals surface area contributed by atoms with E-state index in [2.05, 4.69) is 112 Å². The maximum Gasteiger partial charge on any atom is 0.303 e. The van der Waals surface area contributed by atoms with Crippen LogP contribution in [-0.4, -0.2) is 35.7 Å². The number of hydrogen-bond acceptors (Lipinski definition) is 15. The first-order chi connectivity index (χ1) is 35.1. The van der Waals surface area contributed by atoms with Crippen LogP contribution in [0.15, 0.2) is 108 Å². The fourth-order valence-electron chi connectivity index (χ4n) is 7.36. The summed E-state index contributed by atoms with van der Waals surface area (Å²) in [4.78, 5) is 52.5. The highest BCUT2D eigenvalue weighted by Gasteiger charge is 2.20. The van der Waals surface area contributed by atoms with Crippen LogP contribution in [0.2, 0.25) is 0 Å². The van der Waals surface area contributed by atoms with Crippen LogP contribution in [0, 0.1) is 70.7 Å². The first kappa shape index (κ1) is 48.5. The largest absolute Gasteiger partial charge is 0.481 e. The Bertz CT molecular complexity index is 4030. The topological polar surface area (TPSA) is 158 Å². The Hall–Kier alpha value is -8.52. The van der Waals surface area contributed by atoms with E-state index in [0.29, 0.717) is 5.75 Å². The third-order valence-corrected chi connectivity index (χ3v) is 18.2. The number of allylic oxidation sites excluding steroid dienone is 2. The molecule has 0 radical (unpaired) electrons. The molecule has 16 heteroatoms. The molecule has 346 valence electrons. The SMILES string of the molecule is C#CC#CC#CC#COc1ccc(N(c2ccc(-c3cc4sc5cc(/C=C(\C#N)C(=O)CCOC=O)sc5c4s3)cc2)c2ccc(-c3cc4sc5cc(/C=C(\C#N)C(=O)CCC(=O)O)sc5c4s3)cc2)cc1. The van der Waals surface area contributed by atoms with Gasteiger partial charge in [0, 0.05) is 86.0 Å². The number of ether oxygens (including phenoxy) is 2. The maximum absolute atomic E-state index is 12.6. The predicted octanol–water partition coefficient (Wildman–Crippen LogP) is 13.8. The lowest BCUT2D eigenvalue weighted by Gasteiger charge is -2.26. The van der Waals surface area contributed by atoms with Gasteiger partial charge in [0.1, 0.15) is 24.0 Å². The van der Waals surface area contributed by atoms with Crippen LogP contribution in [0.3, 0.4) is 0 Å². The molecule has 9 rings (SSSR count). The molecule has 0 amide bonds. The first-order valence-corrected chi connectivity index (χ1v) is 26.2. The summed E-state index contributed by atoms with van der Waals surface area (Å²) in [5.74, 6) is 13.4. The Morgan fingerprint density at radius 3 is 1.53 bits per heavy atom. The van der Waals surface area contributed by atoms with Crippen molar-refractivity contribution in [1.29, 1.82) is 10.5 Å². The van der Waals surface area contributed by atoms with Crippen molar-refractivity contribution >= 4 is 159 Å². The first-order valence-electron chi connectivity index (χ1n) is 21.3. The van der Waals surface area contributed by atoms with Crippen molar-refractivity contribution in [1.82, 2.24) is 0 Å². The fraction of sp³-hybridized carbons (Fsp3) is 0.0714. The number of thiophene rings is 6. The predicted molar refractivity (Wildman–Crippen MR) is 293 cm³/mol. The van der Waals surface area contributed by atoms with E-state index in [-0.39, 0.29) is 49.3 Å². The number of nitrogens with zero attached hydrogens (tertiary/aromatic N) is 3. The van der Waals surface area contributed by atoms with Gasteiger partial charge in [-0.1, -0.05) is 24.3 Å². The average molecular weight is 1050 g/mol. The van der Waals surface area contributed by atoms with Crippen molar-refractivity contribution in [3.8, 4) is 86.8 Å². The molecule has 0 unspecified atom stereocenters. The Kier molecular flexibility index (Phi) is 14.9. The van der Waals surface area contributed by atoms with Crippen molar-refractivity contribution < 1.29 is 33.8 Å². The number of aliphatic carboxylic acids is 1. The Morgan fingerprint density at radius 1 is 0.583 bits per heavy atom. The number of fused-ring (bicyclic) bond motifs is 6. The van der Waals surface area contributed by atoms with Gasteiger partial charge in [-0.05, 0) is 114 Å². The summed E-state index contributed by atoms with van der Waals surface area (Å²) in [6, 6.07) is 36.6. The summed E-state index contributed by atoms with van der Waals surface area (Å²) >= 11 is 9.72. The lowest BCUT2D eigenvalue weighted by Crippen LogP contribution is -2.09. The molecule has 72 heavy (non-hydrogen) atoms. The zero-order valence-corrected chi connectivity index (χ0v) is 42.0. The Morgan fingerprint density at radius 2 is 1.04 bits per heavy atom. The number of ketones is 2. The molecule has 0 saturated heterocycles. The van der Waals surface area contributed by atoms with Gasteiger partial charge in [-0.3, -0.25) is 19.2 Å². The van der Waals surface area contributed by atoms with Crippen LogP contribution in [0.1, 0.15) is 29.0 Å². The zero-order valence-electron chi connectivity index (χ0n) is 37.1. The molecule has 0 atom stereocenters. The van der Waals surface area contributed by atoms with Crippen LogP contribution < -0.4 is 9.64 Å². The van der Waals surface area contributed by atoms with Crippen molar-refractivity contribution in [2.45, 2.75) is 19.3 Å². The summed E-state index contributed by atoms with van der Waals surface area (Å²) in [6.45, 7) is 0.206. The second kappa shape index (κ2) is 22.1. The number of hydrogen-bond donors (Lipinski definition) is 1. The van der Waals surface area contributed by atoms with Gasteiger partial charge >= 0.3 is 5.97 Å². The number of carbonyl (C=O) groups excluding carboxylic acids is 3. The summed E-state index contributed by atoms with van der Waals surface area (Å²) in [6.07, 6.45) is 10.2. The molecule has 0 spiro atoms. The molecule has 0 aliphatic rings. The third-order valence-electron chi connectivity index (χ3n) is 10.6. The van der Waals surface area contributed by atoms with E-state index in [1.807, 2.05) is 48.5 Å². The lowest BCUT2D eigenvalue weighted by molar-refractivity contribution is -0.138. The van der Waals surface area contributed by atoms with Gasteiger partial charge in [-0.2, -0.15) is 10.5 Å². The maximum atomic E-state index is 12.6. The number of carbonyl (C=O) groups is 4. The van der Waals surface area contributed by atoms with Gasteiger partial charge in [0.15, 0.2) is 11.6 Å². The summed E-state index contributed by atoms with van der Waals surface area (Å²) in [5, 5.41) is 28.3. The van der Waals surface area contributed by atoms with Crippen molar-refractivity contribution in [3.63, 3.8) is 0 Å². The van der Waals surface area contributed by atoms with E-state index in [1.165, 1.54) is 22.7 Å². The van der Waals surface area contributed by atoms with Crippen LogP contribution in [-0.2, 0) is 23.9 Å². The minimum Gasteiger partial charge on any atom is -0.481 e. The van der Waals surface area contributed by atoms with Crippen LogP contribution in [0.4, 0.5) is 17.1 Å². The van der Waals surface area contributed by atoms with Crippen molar-refractivity contribution in [2.75, 3.05) is 11.5 Å². The van der Waals surface area contributed by atoms with E-state index < -0.39 is 11.8 Å². The number of carboxylic acid groups (broad SMARTS) is 1. The molecule has 0 aliphatic heterocycles. The van der Waals surface area contributed by atoms with Gasteiger partial charge in [0.25, 0.3) is 6.47 Å². The molecular weight excluding hydrogens is 1020 g/mol. The minimum absolute atomic E-state index is 0.0191. The van der Waals surface area contributed by atoms with E-state index in [4.69, 9.17) is 16.3 Å². The van der Waals surface area contributed by atoms with Gasteiger partial charge < -0.3 is 19.5 Å². The van der Waals surface area contributed by atoms with E-state index in [1.54, 1.807) is 57.5 Å². The summed E-state index contributed by atoms with van der Waals surface area (Å²) in [7, 11) is 0. The number of benzene rings is 3. The minimum atomic E-state index is -1.09. The highest BCUT2D eigenvalue weighted by molar-refractivity contribution is 7.40. The van der Waals surface area contributed by atoms with Gasteiger partial charge in [-0.25, -0.2) is 0 Å². The molecule has 0 bridgehead atoms. The van der Waals surface area contributed by atoms with Crippen LogP contribution in [0.5, 0.6) is 5.75 Å². The monoisotopic (exact) mass is 1050 g/mol. The van der Waals surface area contributed by atoms with Gasteiger partial charge in [0.2, 0.25) is 0 Å². The fourth-order valence-corrected chi connectivity index (χ4v) is 15.3. The smallest absolute Gasteiger partial charge is 0.303 e. The third kappa shape index (κ3) is 10.8. The molecule has 10 nitrogen and oxygen atoms in total. The van der Waals surface area contributed by atoms with Gasteiger partial charge in [0.05, 0.1) is 43.0 Å². The van der Waals surface area contributed by atoms with Crippen LogP contribution in [0.25, 0.3) is 70.6 Å². The van der Waals surface area contributed by atoms with Gasteiger partial charge in [-0.15, -0.1) is 74.4 Å². The molecule has 1 N–H and O–H groups in total. The number of Topliss-reactive ketones (excluding diaryl/α,β-unsaturated/α-hetero) is 2. The molecule has 0 aliphatic carbocycles. The normalized spacial score (nSPS) is 11.1. The van der Waals surface area contributed by atoms with E-state index >= 15 is 0 Å². The van der Waals surface area contributed by atoms with Crippen molar-refractivity contribution in [3.05, 3.63) is 118 Å². The Labute approximate surface area is 435 Å². The molecule has 6 aromatic heterocycles. The molecule has 0 fully saturated rings. The number of terminal acetylenes is 1. The summed E-state index contributed by atoms with van der Waals surface area (Å²) in [5.41, 5.74) is 4.77. The second-order valence-electron chi connectivity index (χ2n) is 15.2. The second-order valence-corrected chi connectivity index (χ2v) is 21.6. The number of carboxylic acids is 1. The highest BCUT2D eigenvalue weighted by atomic mass is 32.1. The van der Waals surface area contributed by atoms with E-state index in [9.17, 15) is 29.7 Å². The highest BCUT2D eigenvalue weighted by Crippen LogP contribution is 2.49. The standard InChI is InChI=1S/C56H29N3O7S6/c1-2-3-4-5-6-7-23-66-41-18-16-40(17-19-41)59(38-12-8-34(9-13-38)46-29-50-55(71-46)53-48(69-50)27-42(67-53)25-36(31-57)44(61)20-21-52(63)64)39-14-10-35(11-15-39)47-30-51-56(72-47)54-49(70-51)28-43(68-54)26-37(32-58)45(62)22-24-65-33-60/h1,8-19,25-30,33H,20-22,24H2,(H,63,64)/b36-25+,37-26+. The Balaban J connectivity index is 0.988. The number of rotatable bonds is 17. The molecule has 0 saturated carbocycles. The quantitative estimate of drug-likeness (QED) is 0.0306. The average Bonchev–Trinajstić information content (AvgIpc) is 4.25. The summed E-state index contributed by atoms with van der Waals surface area (Å²) < 4.78 is 19.1. The van der Waals surface area contributed by atoms with Crippen LogP contribution >= 0.6 is 68.0 Å². The molecular formula is C56H29N3O7S6. The zero-order chi connectivity index (χ0) is 50.1. The van der Waals surface area contributed by atoms with Crippen molar-refractivity contribution in [2.24, 2.45) is 0 Å². The molecule has 6 heterocycles. The number of anilines is 3.